The van der Waals surface area contributed by atoms with Crippen molar-refractivity contribution >= 4 is 11.9 Å². The minimum absolute atomic E-state index is 0.0180. The molecular weight excluding hydrogens is 408 g/mol. The van der Waals surface area contributed by atoms with Crippen molar-refractivity contribution in [2.75, 3.05) is 6.61 Å². The standard InChI is InChI=1S/C26H42O6/c1-5-7-8-22(29)31-17-9-11-25(3)16(13-17)14-19(27)23-18(25)10-12-26(4)20(15-30-24(23)26)32-21(28)6-2/h16-20,23-24,27H,5-15H2,1-4H3/t16?,17-,18?,19-,20-,23?,24?,25-,26+/m0/s1. The summed E-state index contributed by atoms with van der Waals surface area (Å²) in [4.78, 5) is 24.1. The van der Waals surface area contributed by atoms with Crippen molar-refractivity contribution in [1.82, 2.24) is 0 Å². The van der Waals surface area contributed by atoms with Gasteiger partial charge in [0.2, 0.25) is 0 Å². The molecule has 1 saturated heterocycles. The lowest BCUT2D eigenvalue weighted by Crippen LogP contribution is -2.61. The smallest absolute Gasteiger partial charge is 0.306 e. The molecule has 0 aromatic heterocycles. The van der Waals surface area contributed by atoms with Gasteiger partial charge < -0.3 is 19.3 Å². The Hall–Kier alpha value is -1.14. The predicted octanol–water partition coefficient (Wildman–Crippen LogP) is 4.41. The van der Waals surface area contributed by atoms with E-state index in [1.807, 2.05) is 6.92 Å². The Labute approximate surface area is 192 Å². The molecule has 32 heavy (non-hydrogen) atoms. The maximum Gasteiger partial charge on any atom is 0.306 e. The molecule has 3 aliphatic carbocycles. The van der Waals surface area contributed by atoms with Crippen LogP contribution < -0.4 is 0 Å². The number of ether oxygens (including phenoxy) is 3. The van der Waals surface area contributed by atoms with Gasteiger partial charge in [-0.15, -0.1) is 0 Å². The van der Waals surface area contributed by atoms with Crippen LogP contribution in [0.15, 0.2) is 0 Å². The number of fused-ring (bicyclic) bond motifs is 5. The van der Waals surface area contributed by atoms with E-state index in [0.717, 1.165) is 51.4 Å². The molecule has 6 heteroatoms. The summed E-state index contributed by atoms with van der Waals surface area (Å²) in [6.45, 7) is 8.90. The number of rotatable bonds is 6. The molecule has 0 spiro atoms. The highest BCUT2D eigenvalue weighted by Gasteiger charge is 2.64. The van der Waals surface area contributed by atoms with E-state index in [4.69, 9.17) is 14.2 Å². The fourth-order valence-electron chi connectivity index (χ4n) is 7.48. The molecule has 0 aromatic rings. The molecule has 4 unspecified atom stereocenters. The minimum Gasteiger partial charge on any atom is -0.462 e. The molecule has 0 amide bonds. The van der Waals surface area contributed by atoms with Crippen LogP contribution in [0, 0.1) is 28.6 Å². The van der Waals surface area contributed by atoms with Crippen LogP contribution in [-0.4, -0.2) is 48.1 Å². The van der Waals surface area contributed by atoms with Gasteiger partial charge in [-0.2, -0.15) is 0 Å². The van der Waals surface area contributed by atoms with Gasteiger partial charge in [-0.1, -0.05) is 34.1 Å². The van der Waals surface area contributed by atoms with Crippen LogP contribution in [0.1, 0.15) is 91.9 Å². The molecule has 4 rings (SSSR count). The van der Waals surface area contributed by atoms with Crippen molar-refractivity contribution in [3.05, 3.63) is 0 Å². The second-order valence-corrected chi connectivity index (χ2v) is 11.3. The third-order valence-corrected chi connectivity index (χ3v) is 9.52. The second-order valence-electron chi connectivity index (χ2n) is 11.3. The Morgan fingerprint density at radius 3 is 2.50 bits per heavy atom. The summed E-state index contributed by atoms with van der Waals surface area (Å²) in [5.41, 5.74) is -0.110. The molecule has 1 N–H and O–H groups in total. The van der Waals surface area contributed by atoms with Crippen LogP contribution in [0.2, 0.25) is 0 Å². The molecule has 0 aromatic carbocycles. The largest absolute Gasteiger partial charge is 0.462 e. The van der Waals surface area contributed by atoms with E-state index in [-0.39, 0.29) is 47.0 Å². The molecule has 3 saturated carbocycles. The van der Waals surface area contributed by atoms with Gasteiger partial charge in [-0.3, -0.25) is 9.59 Å². The lowest BCUT2D eigenvalue weighted by atomic mass is 9.45. The van der Waals surface area contributed by atoms with Crippen molar-refractivity contribution in [3.8, 4) is 0 Å². The molecule has 0 radical (unpaired) electrons. The van der Waals surface area contributed by atoms with Gasteiger partial charge in [0.15, 0.2) is 0 Å². The topological polar surface area (TPSA) is 82.1 Å². The predicted molar refractivity (Wildman–Crippen MR) is 120 cm³/mol. The first kappa shape index (κ1) is 24.0. The summed E-state index contributed by atoms with van der Waals surface area (Å²) in [5, 5.41) is 11.3. The number of aliphatic hydroxyl groups excluding tert-OH is 1. The van der Waals surface area contributed by atoms with Crippen molar-refractivity contribution in [3.63, 3.8) is 0 Å². The molecule has 4 fully saturated rings. The summed E-state index contributed by atoms with van der Waals surface area (Å²) in [5.74, 6) is 0.562. The Kier molecular flexibility index (Phi) is 6.94. The second kappa shape index (κ2) is 9.25. The van der Waals surface area contributed by atoms with E-state index < -0.39 is 6.10 Å². The summed E-state index contributed by atoms with van der Waals surface area (Å²) >= 11 is 0. The first-order valence-corrected chi connectivity index (χ1v) is 12.9. The number of hydrogen-bond acceptors (Lipinski definition) is 6. The molecule has 4 aliphatic rings. The monoisotopic (exact) mass is 450 g/mol. The van der Waals surface area contributed by atoms with Crippen LogP contribution in [0.4, 0.5) is 0 Å². The fourth-order valence-corrected chi connectivity index (χ4v) is 7.48. The third-order valence-electron chi connectivity index (χ3n) is 9.52. The minimum atomic E-state index is -0.433. The first-order valence-electron chi connectivity index (χ1n) is 12.9. The lowest BCUT2D eigenvalue weighted by molar-refractivity contribution is -0.196. The van der Waals surface area contributed by atoms with Gasteiger partial charge >= 0.3 is 11.9 Å². The Balaban J connectivity index is 1.46. The molecule has 182 valence electrons. The van der Waals surface area contributed by atoms with Crippen molar-refractivity contribution < 1.29 is 28.9 Å². The van der Waals surface area contributed by atoms with E-state index >= 15 is 0 Å². The maximum atomic E-state index is 12.2. The van der Waals surface area contributed by atoms with Crippen LogP contribution in [0.5, 0.6) is 0 Å². The molecule has 1 aliphatic heterocycles. The van der Waals surface area contributed by atoms with Gasteiger partial charge in [0.25, 0.3) is 0 Å². The molecular formula is C26H42O6. The number of hydrogen-bond donors (Lipinski definition) is 1. The summed E-state index contributed by atoms with van der Waals surface area (Å²) in [6, 6.07) is 0. The highest BCUT2D eigenvalue weighted by Crippen LogP contribution is 2.63. The molecule has 1 heterocycles. The van der Waals surface area contributed by atoms with Crippen molar-refractivity contribution in [1.29, 1.82) is 0 Å². The normalized spacial score (nSPS) is 45.3. The molecule has 6 nitrogen and oxygen atoms in total. The fraction of sp³-hybridized carbons (Fsp3) is 0.923. The zero-order valence-corrected chi connectivity index (χ0v) is 20.3. The highest BCUT2D eigenvalue weighted by molar-refractivity contribution is 5.69. The summed E-state index contributed by atoms with van der Waals surface area (Å²) < 4.78 is 17.9. The lowest BCUT2D eigenvalue weighted by Gasteiger charge is -2.61. The average Bonchev–Trinajstić information content (AvgIpc) is 3.09. The SMILES string of the molecule is CCCCC(=O)O[C@H]1CC[C@@]2(C)C(C1)C[C@H](O)C1C2CC[C@@]2(C)C1OC[C@@H]2OC(=O)CC. The van der Waals surface area contributed by atoms with E-state index in [2.05, 4.69) is 20.8 Å². The molecule has 9 atom stereocenters. The van der Waals surface area contributed by atoms with Gasteiger partial charge in [0, 0.05) is 24.2 Å². The zero-order valence-electron chi connectivity index (χ0n) is 20.3. The quantitative estimate of drug-likeness (QED) is 0.604. The molecule has 0 bridgehead atoms. The summed E-state index contributed by atoms with van der Waals surface area (Å²) in [6.07, 6.45) is 7.48. The van der Waals surface area contributed by atoms with Crippen LogP contribution >= 0.6 is 0 Å². The number of esters is 2. The number of carbonyl (C=O) groups is 2. The Morgan fingerprint density at radius 2 is 1.78 bits per heavy atom. The first-order chi connectivity index (χ1) is 15.2. The summed E-state index contributed by atoms with van der Waals surface area (Å²) in [7, 11) is 0. The number of aliphatic hydroxyl groups is 1. The van der Waals surface area contributed by atoms with Crippen LogP contribution in [0.3, 0.4) is 0 Å². The number of unbranched alkanes of at least 4 members (excludes halogenated alkanes) is 1. The van der Waals surface area contributed by atoms with Crippen LogP contribution in [0.25, 0.3) is 0 Å². The Morgan fingerprint density at radius 1 is 1.03 bits per heavy atom. The number of carbonyl (C=O) groups excluding carboxylic acids is 2. The van der Waals surface area contributed by atoms with Gasteiger partial charge in [0.05, 0.1) is 18.8 Å². The van der Waals surface area contributed by atoms with E-state index in [1.54, 1.807) is 0 Å². The van der Waals surface area contributed by atoms with Crippen LogP contribution in [-0.2, 0) is 23.8 Å². The van der Waals surface area contributed by atoms with E-state index in [1.165, 1.54) is 0 Å². The van der Waals surface area contributed by atoms with Gasteiger partial charge in [0.1, 0.15) is 12.2 Å². The highest BCUT2D eigenvalue weighted by atomic mass is 16.6. The maximum absolute atomic E-state index is 12.2. The zero-order chi connectivity index (χ0) is 23.1. The van der Waals surface area contributed by atoms with Crippen molar-refractivity contribution in [2.24, 2.45) is 28.6 Å². The van der Waals surface area contributed by atoms with E-state index in [9.17, 15) is 14.7 Å². The Bertz CT molecular complexity index is 708. The van der Waals surface area contributed by atoms with Gasteiger partial charge in [-0.05, 0) is 62.2 Å². The third kappa shape index (κ3) is 4.11. The average molecular weight is 451 g/mol. The van der Waals surface area contributed by atoms with Gasteiger partial charge in [-0.25, -0.2) is 0 Å². The van der Waals surface area contributed by atoms with Crippen molar-refractivity contribution in [2.45, 2.75) is 116 Å². The van der Waals surface area contributed by atoms with E-state index in [0.29, 0.717) is 31.3 Å².